The quantitative estimate of drug-likeness (QED) is 0.114. The highest BCUT2D eigenvalue weighted by Gasteiger charge is 2.24. The van der Waals surface area contributed by atoms with Crippen molar-refractivity contribution in [2.75, 3.05) is 27.3 Å². The predicted octanol–water partition coefficient (Wildman–Crippen LogP) is 3.20. The number of carbonyl (C=O) groups is 1. The van der Waals surface area contributed by atoms with E-state index in [1.807, 2.05) is 37.1 Å². The molecule has 200 valence electrons. The minimum Gasteiger partial charge on any atom is -0.490 e. The van der Waals surface area contributed by atoms with Crippen LogP contribution >= 0.6 is 0 Å². The third kappa shape index (κ3) is 11.1. The maximum absolute atomic E-state index is 11.4. The van der Waals surface area contributed by atoms with Crippen molar-refractivity contribution in [1.29, 1.82) is 0 Å². The maximum Gasteiger partial charge on any atom is 0.308 e. The highest BCUT2D eigenvalue weighted by Crippen LogP contribution is 2.29. The van der Waals surface area contributed by atoms with Gasteiger partial charge in [-0.1, -0.05) is 23.2 Å². The van der Waals surface area contributed by atoms with E-state index in [0.717, 1.165) is 49.8 Å². The van der Waals surface area contributed by atoms with Crippen LogP contribution in [0.5, 0.6) is 11.5 Å². The van der Waals surface area contributed by atoms with Gasteiger partial charge >= 0.3 is 5.97 Å². The van der Waals surface area contributed by atoms with Crippen LogP contribution in [0.15, 0.2) is 24.4 Å². The zero-order valence-electron chi connectivity index (χ0n) is 23.3. The topological polar surface area (TPSA) is 87.9 Å². The molecule has 2 aromatic rings. The van der Waals surface area contributed by atoms with Crippen LogP contribution in [0.1, 0.15) is 65.1 Å². The minimum atomic E-state index is -0.364. The van der Waals surface area contributed by atoms with Gasteiger partial charge in [0.1, 0.15) is 7.85 Å². The molecule has 0 bridgehead atoms. The molecule has 1 heterocycles. The Morgan fingerprint density at radius 1 is 1.08 bits per heavy atom. The lowest BCUT2D eigenvalue weighted by molar-refractivity contribution is -0.214. The summed E-state index contributed by atoms with van der Waals surface area (Å²) in [7, 11) is 5.85. The van der Waals surface area contributed by atoms with E-state index in [4.69, 9.17) is 19.0 Å². The molecule has 36 heavy (non-hydrogen) atoms. The van der Waals surface area contributed by atoms with Gasteiger partial charge in [-0.05, 0) is 59.1 Å². The summed E-state index contributed by atoms with van der Waals surface area (Å²) in [5.74, 6) is 0.674. The lowest BCUT2D eigenvalue weighted by atomic mass is 9.97. The first-order chi connectivity index (χ1) is 16.9. The van der Waals surface area contributed by atoms with Crippen molar-refractivity contribution in [3.05, 3.63) is 35.7 Å². The average Bonchev–Trinajstić information content (AvgIpc) is 3.22. The van der Waals surface area contributed by atoms with Crippen molar-refractivity contribution >= 4 is 13.8 Å². The summed E-state index contributed by atoms with van der Waals surface area (Å²) >= 11 is 0. The SMILES string of the molecule is BCc1ccc(OC(C)=O)c(OCCCc2cn(CCC(C)(C)OCCC(C)(C)ON(C)C)nn2)c1. The van der Waals surface area contributed by atoms with Gasteiger partial charge in [0.25, 0.3) is 0 Å². The van der Waals surface area contributed by atoms with Crippen LogP contribution in [0, 0.1) is 0 Å². The van der Waals surface area contributed by atoms with E-state index in [9.17, 15) is 4.79 Å². The molecule has 0 atom stereocenters. The van der Waals surface area contributed by atoms with Crippen LogP contribution in [0.3, 0.4) is 0 Å². The van der Waals surface area contributed by atoms with Gasteiger partial charge < -0.3 is 14.2 Å². The van der Waals surface area contributed by atoms with Gasteiger partial charge in [-0.15, -0.1) is 5.10 Å². The Bertz CT molecular complexity index is 962. The van der Waals surface area contributed by atoms with Crippen molar-refractivity contribution in [3.63, 3.8) is 0 Å². The number of benzene rings is 1. The van der Waals surface area contributed by atoms with Gasteiger partial charge in [0, 0.05) is 40.2 Å². The molecule has 0 aliphatic rings. The second-order valence-electron chi connectivity index (χ2n) is 10.4. The van der Waals surface area contributed by atoms with Gasteiger partial charge in [-0.2, -0.15) is 5.06 Å². The first-order valence-electron chi connectivity index (χ1n) is 12.7. The van der Waals surface area contributed by atoms with Crippen LogP contribution in [0.25, 0.3) is 0 Å². The molecular weight excluding hydrogens is 459 g/mol. The van der Waals surface area contributed by atoms with E-state index >= 15 is 0 Å². The molecular formula is C26H43BN4O5. The third-order valence-electron chi connectivity index (χ3n) is 5.66. The molecule has 0 aliphatic heterocycles. The fourth-order valence-corrected chi connectivity index (χ4v) is 3.69. The summed E-state index contributed by atoms with van der Waals surface area (Å²) in [5.41, 5.74) is 1.50. The zero-order chi connectivity index (χ0) is 26.8. The second kappa shape index (κ2) is 13.8. The summed E-state index contributed by atoms with van der Waals surface area (Å²) in [6, 6.07) is 5.65. The smallest absolute Gasteiger partial charge is 0.308 e. The Kier molecular flexibility index (Phi) is 11.4. The lowest BCUT2D eigenvalue weighted by Gasteiger charge is -2.31. The Labute approximate surface area is 216 Å². The Hall–Kier alpha value is -2.43. The van der Waals surface area contributed by atoms with Gasteiger partial charge in [-0.25, -0.2) is 0 Å². The molecule has 0 saturated heterocycles. The van der Waals surface area contributed by atoms with Gasteiger partial charge in [0.15, 0.2) is 11.5 Å². The Morgan fingerprint density at radius 3 is 2.50 bits per heavy atom. The number of hydroxylamine groups is 2. The van der Waals surface area contributed by atoms with E-state index in [1.54, 1.807) is 11.1 Å². The lowest BCUT2D eigenvalue weighted by Crippen LogP contribution is -2.35. The van der Waals surface area contributed by atoms with Crippen LogP contribution in [-0.2, 0) is 33.7 Å². The summed E-state index contributed by atoms with van der Waals surface area (Å²) in [4.78, 5) is 17.2. The minimum absolute atomic E-state index is 0.273. The first-order valence-corrected chi connectivity index (χ1v) is 12.7. The largest absolute Gasteiger partial charge is 0.490 e. The fourth-order valence-electron chi connectivity index (χ4n) is 3.69. The monoisotopic (exact) mass is 502 g/mol. The predicted molar refractivity (Wildman–Crippen MR) is 142 cm³/mol. The maximum atomic E-state index is 11.4. The Balaban J connectivity index is 1.76. The third-order valence-corrected chi connectivity index (χ3v) is 5.66. The standard InChI is InChI=1S/C26H43BN4O5/c1-20(32)35-23-11-10-21(18-27)17-24(23)33-15-8-9-22-19-31(29-28-22)14-12-25(2,3)34-16-13-26(4,5)36-30(6)7/h10-11,17,19H,8-9,12-16,18,27H2,1-7H3. The Morgan fingerprint density at radius 2 is 1.83 bits per heavy atom. The number of nitrogens with zero attached hydrogens (tertiary/aromatic N) is 4. The average molecular weight is 502 g/mol. The van der Waals surface area contributed by atoms with Crippen LogP contribution < -0.4 is 9.47 Å². The van der Waals surface area contributed by atoms with E-state index in [-0.39, 0.29) is 17.2 Å². The van der Waals surface area contributed by atoms with Crippen LogP contribution in [-0.4, -0.2) is 72.4 Å². The van der Waals surface area contributed by atoms with Gasteiger partial charge in [0.05, 0.1) is 30.1 Å². The number of hydrogen-bond donors (Lipinski definition) is 0. The highest BCUT2D eigenvalue weighted by atomic mass is 16.7. The molecule has 0 fully saturated rings. The first kappa shape index (κ1) is 29.8. The van der Waals surface area contributed by atoms with Gasteiger partial charge in [0.2, 0.25) is 0 Å². The molecule has 0 unspecified atom stereocenters. The van der Waals surface area contributed by atoms with Crippen molar-refractivity contribution in [2.45, 2.75) is 84.4 Å². The number of aryl methyl sites for hydroxylation is 2. The van der Waals surface area contributed by atoms with Gasteiger partial charge in [-0.3, -0.25) is 14.3 Å². The summed E-state index contributed by atoms with van der Waals surface area (Å²) in [6.45, 7) is 11.5. The number of carbonyl (C=O) groups excluding carboxylic acids is 1. The molecule has 10 heteroatoms. The molecule has 0 aliphatic carbocycles. The number of aromatic nitrogens is 3. The molecule has 2 rings (SSSR count). The van der Waals surface area contributed by atoms with Crippen LogP contribution in [0.2, 0.25) is 0 Å². The molecule has 1 aromatic carbocycles. The van der Waals surface area contributed by atoms with E-state index in [1.165, 1.54) is 6.92 Å². The van der Waals surface area contributed by atoms with E-state index < -0.39 is 0 Å². The van der Waals surface area contributed by atoms with E-state index in [2.05, 4.69) is 45.9 Å². The molecule has 0 spiro atoms. The van der Waals surface area contributed by atoms with Crippen molar-refractivity contribution in [2.24, 2.45) is 0 Å². The molecule has 0 saturated carbocycles. The molecule has 9 nitrogen and oxygen atoms in total. The molecule has 0 amide bonds. The summed E-state index contributed by atoms with van der Waals surface area (Å²) in [5, 5.41) is 10.3. The van der Waals surface area contributed by atoms with Crippen LogP contribution in [0.4, 0.5) is 0 Å². The second-order valence-corrected chi connectivity index (χ2v) is 10.4. The summed E-state index contributed by atoms with van der Waals surface area (Å²) in [6.07, 6.45) is 6.00. The van der Waals surface area contributed by atoms with Crippen molar-refractivity contribution < 1.29 is 23.8 Å². The van der Waals surface area contributed by atoms with Crippen molar-refractivity contribution in [3.8, 4) is 11.5 Å². The molecule has 0 radical (unpaired) electrons. The molecule has 1 aromatic heterocycles. The zero-order valence-corrected chi connectivity index (χ0v) is 23.3. The summed E-state index contributed by atoms with van der Waals surface area (Å²) < 4.78 is 19.2. The molecule has 0 N–H and O–H groups in total. The fraction of sp³-hybridized carbons (Fsp3) is 0.654. The normalized spacial score (nSPS) is 12.2. The van der Waals surface area contributed by atoms with E-state index in [0.29, 0.717) is 24.7 Å². The highest BCUT2D eigenvalue weighted by molar-refractivity contribution is 6.08. The number of ether oxygens (including phenoxy) is 3. The number of esters is 1. The van der Waals surface area contributed by atoms with Crippen molar-refractivity contribution in [1.82, 2.24) is 20.1 Å². The number of hydrogen-bond acceptors (Lipinski definition) is 8. The number of rotatable bonds is 16.